The van der Waals surface area contributed by atoms with Gasteiger partial charge in [-0.3, -0.25) is 9.59 Å². The summed E-state index contributed by atoms with van der Waals surface area (Å²) in [4.78, 5) is 32.5. The molecule has 3 rings (SSSR count). The van der Waals surface area contributed by atoms with E-state index < -0.39 is 0 Å². The summed E-state index contributed by atoms with van der Waals surface area (Å²) in [5.74, 6) is -0.137. The van der Waals surface area contributed by atoms with Gasteiger partial charge in [0.15, 0.2) is 5.17 Å². The van der Waals surface area contributed by atoms with Crippen LogP contribution < -0.4 is 5.32 Å². The fourth-order valence-electron chi connectivity index (χ4n) is 2.80. The molecule has 1 aliphatic carbocycles. The van der Waals surface area contributed by atoms with Crippen molar-refractivity contribution in [1.29, 1.82) is 0 Å². The van der Waals surface area contributed by atoms with Crippen LogP contribution in [0, 0.1) is 19.8 Å². The zero-order chi connectivity index (χ0) is 16.4. The first kappa shape index (κ1) is 15.9. The van der Waals surface area contributed by atoms with Crippen molar-refractivity contribution in [3.05, 3.63) is 29.3 Å². The first-order valence-corrected chi connectivity index (χ1v) is 8.71. The van der Waals surface area contributed by atoms with Gasteiger partial charge in [0.05, 0.1) is 11.7 Å². The number of anilines is 1. The summed E-state index contributed by atoms with van der Waals surface area (Å²) in [7, 11) is 0. The molecule has 2 amide bonds. The Hall–Kier alpha value is -1.95. The number of nitrogens with one attached hydrogen (secondary N) is 1. The molecule has 1 heterocycles. The minimum atomic E-state index is -0.118. The number of carbonyl (C=O) groups is 2. The molecule has 1 fully saturated rings. The van der Waals surface area contributed by atoms with E-state index in [1.54, 1.807) is 0 Å². The van der Waals surface area contributed by atoms with Crippen molar-refractivity contribution in [2.24, 2.45) is 15.9 Å². The normalized spacial score (nSPS) is 19.9. The molecule has 6 heteroatoms. The van der Waals surface area contributed by atoms with Crippen LogP contribution in [0.5, 0.6) is 0 Å². The molecule has 1 unspecified atom stereocenters. The quantitative estimate of drug-likeness (QED) is 0.926. The highest BCUT2D eigenvalue weighted by Gasteiger charge is 2.32. The molecule has 23 heavy (non-hydrogen) atoms. The molecule has 0 saturated heterocycles. The Bertz CT molecular complexity index is 725. The number of carbonyl (C=O) groups excluding carboxylic acids is 2. The third-order valence-corrected chi connectivity index (χ3v) is 4.92. The number of hydrogen-bond donors (Lipinski definition) is 1. The Morgan fingerprint density at radius 1 is 1.35 bits per heavy atom. The lowest BCUT2D eigenvalue weighted by molar-refractivity contribution is -0.119. The smallest absolute Gasteiger partial charge is 0.256 e. The average Bonchev–Trinajstić information content (AvgIpc) is 2.98. The van der Waals surface area contributed by atoms with Crippen LogP contribution >= 0.6 is 11.8 Å². The number of amides is 2. The standard InChI is InChI=1S/C17H19N3O2S/c1-10-6-7-11(2)14(8-10)18-15(21)9-23-17-19-13-5-3-4-12(13)16(22)20-17/h6-8,12H,3-5,9H2,1-2H3,(H,18,21). The molecule has 1 aromatic carbocycles. The number of hydrogen-bond acceptors (Lipinski definition) is 4. The highest BCUT2D eigenvalue weighted by Crippen LogP contribution is 2.28. The van der Waals surface area contributed by atoms with Crippen LogP contribution in [0.3, 0.4) is 0 Å². The third kappa shape index (κ3) is 3.69. The molecule has 120 valence electrons. The Kier molecular flexibility index (Phi) is 4.61. The fourth-order valence-corrected chi connectivity index (χ4v) is 3.47. The van der Waals surface area contributed by atoms with Crippen LogP contribution in [-0.4, -0.2) is 28.4 Å². The summed E-state index contributed by atoms with van der Waals surface area (Å²) in [6.07, 6.45) is 2.72. The average molecular weight is 329 g/mol. The van der Waals surface area contributed by atoms with Gasteiger partial charge < -0.3 is 5.32 Å². The summed E-state index contributed by atoms with van der Waals surface area (Å²) in [6.45, 7) is 3.94. The monoisotopic (exact) mass is 329 g/mol. The second-order valence-corrected chi connectivity index (χ2v) is 6.88. The van der Waals surface area contributed by atoms with Crippen molar-refractivity contribution in [2.75, 3.05) is 11.1 Å². The molecule has 0 bridgehead atoms. The van der Waals surface area contributed by atoms with Crippen molar-refractivity contribution in [3.63, 3.8) is 0 Å². The maximum Gasteiger partial charge on any atom is 0.256 e. The molecule has 1 atom stereocenters. The number of amidine groups is 1. The minimum absolute atomic E-state index is 0.107. The van der Waals surface area contributed by atoms with E-state index >= 15 is 0 Å². The van der Waals surface area contributed by atoms with Crippen LogP contribution in [0.15, 0.2) is 28.2 Å². The van der Waals surface area contributed by atoms with Crippen LogP contribution in [0.1, 0.15) is 30.4 Å². The lowest BCUT2D eigenvalue weighted by Gasteiger charge is -2.13. The van der Waals surface area contributed by atoms with Gasteiger partial charge in [-0.1, -0.05) is 23.9 Å². The lowest BCUT2D eigenvalue weighted by Crippen LogP contribution is -2.24. The van der Waals surface area contributed by atoms with Crippen molar-refractivity contribution < 1.29 is 9.59 Å². The molecule has 0 aromatic heterocycles. The van der Waals surface area contributed by atoms with E-state index in [9.17, 15) is 9.59 Å². The number of benzene rings is 1. The lowest BCUT2D eigenvalue weighted by atomic mass is 10.1. The topological polar surface area (TPSA) is 70.9 Å². The molecule has 5 nitrogen and oxygen atoms in total. The predicted octanol–water partition coefficient (Wildman–Crippen LogP) is 3.11. The van der Waals surface area contributed by atoms with E-state index in [1.807, 2.05) is 32.0 Å². The SMILES string of the molecule is Cc1ccc(C)c(NC(=O)CSC2=NC(=O)C3CCCC3=N2)c1. The van der Waals surface area contributed by atoms with Gasteiger partial charge in [-0.05, 0) is 50.3 Å². The number of rotatable bonds is 3. The van der Waals surface area contributed by atoms with Crippen LogP contribution in [-0.2, 0) is 9.59 Å². The van der Waals surface area contributed by atoms with E-state index in [2.05, 4.69) is 15.3 Å². The Morgan fingerprint density at radius 2 is 2.17 bits per heavy atom. The van der Waals surface area contributed by atoms with Crippen molar-refractivity contribution in [2.45, 2.75) is 33.1 Å². The molecule has 1 aromatic rings. The first-order chi connectivity index (χ1) is 11.0. The molecule has 2 aliphatic rings. The maximum absolute atomic E-state index is 12.1. The molecule has 0 radical (unpaired) electrons. The van der Waals surface area contributed by atoms with Gasteiger partial charge in [0.2, 0.25) is 5.91 Å². The van der Waals surface area contributed by atoms with Gasteiger partial charge in [-0.15, -0.1) is 0 Å². The van der Waals surface area contributed by atoms with Crippen LogP contribution in [0.2, 0.25) is 0 Å². The van der Waals surface area contributed by atoms with E-state index in [-0.39, 0.29) is 23.5 Å². The Balaban J connectivity index is 1.59. The van der Waals surface area contributed by atoms with Gasteiger partial charge in [0.25, 0.3) is 5.91 Å². The number of thioether (sulfide) groups is 1. The molecule has 0 spiro atoms. The summed E-state index contributed by atoms with van der Waals surface area (Å²) < 4.78 is 0. The zero-order valence-corrected chi connectivity index (χ0v) is 14.1. The first-order valence-electron chi connectivity index (χ1n) is 7.73. The fraction of sp³-hybridized carbons (Fsp3) is 0.412. The second kappa shape index (κ2) is 6.66. The Labute approximate surface area is 139 Å². The van der Waals surface area contributed by atoms with E-state index in [4.69, 9.17) is 0 Å². The van der Waals surface area contributed by atoms with E-state index in [1.165, 1.54) is 11.8 Å². The molecule has 1 N–H and O–H groups in total. The summed E-state index contributed by atoms with van der Waals surface area (Å²) >= 11 is 1.22. The van der Waals surface area contributed by atoms with E-state index in [0.29, 0.717) is 5.17 Å². The second-order valence-electron chi connectivity index (χ2n) is 5.94. The van der Waals surface area contributed by atoms with Gasteiger partial charge in [-0.25, -0.2) is 4.99 Å². The highest BCUT2D eigenvalue weighted by atomic mass is 32.2. The molecular weight excluding hydrogens is 310 g/mol. The maximum atomic E-state index is 12.1. The summed E-state index contributed by atoms with van der Waals surface area (Å²) in [5, 5.41) is 3.32. The van der Waals surface area contributed by atoms with Gasteiger partial charge in [0, 0.05) is 11.4 Å². The van der Waals surface area contributed by atoms with Crippen molar-refractivity contribution >= 4 is 40.1 Å². The van der Waals surface area contributed by atoms with Gasteiger partial charge in [-0.2, -0.15) is 4.99 Å². The molecule has 1 aliphatic heterocycles. The summed E-state index contributed by atoms with van der Waals surface area (Å²) in [6, 6.07) is 5.94. The molecular formula is C17H19N3O2S. The van der Waals surface area contributed by atoms with Crippen LogP contribution in [0.4, 0.5) is 5.69 Å². The number of aliphatic imine (C=N–C) groups is 2. The highest BCUT2D eigenvalue weighted by molar-refractivity contribution is 8.14. The van der Waals surface area contributed by atoms with E-state index in [0.717, 1.165) is 41.8 Å². The largest absolute Gasteiger partial charge is 0.325 e. The van der Waals surface area contributed by atoms with Crippen molar-refractivity contribution in [3.8, 4) is 0 Å². The Morgan fingerprint density at radius 3 is 3.00 bits per heavy atom. The van der Waals surface area contributed by atoms with Gasteiger partial charge >= 0.3 is 0 Å². The summed E-state index contributed by atoms with van der Waals surface area (Å²) in [5.41, 5.74) is 3.87. The zero-order valence-electron chi connectivity index (χ0n) is 13.3. The third-order valence-electron chi connectivity index (χ3n) is 4.07. The van der Waals surface area contributed by atoms with Crippen molar-refractivity contribution in [1.82, 2.24) is 0 Å². The van der Waals surface area contributed by atoms with Crippen LogP contribution in [0.25, 0.3) is 0 Å². The number of nitrogens with zero attached hydrogens (tertiary/aromatic N) is 2. The predicted molar refractivity (Wildman–Crippen MR) is 94.2 cm³/mol. The number of aryl methyl sites for hydroxylation is 2. The molecule has 1 saturated carbocycles. The van der Waals surface area contributed by atoms with Gasteiger partial charge in [0.1, 0.15) is 0 Å². The minimum Gasteiger partial charge on any atom is -0.325 e. The number of fused-ring (bicyclic) bond motifs is 1.